The molecule has 0 saturated carbocycles. The molecule has 9 heteroatoms. The van der Waals surface area contributed by atoms with Crippen molar-refractivity contribution >= 4 is 34.3 Å². The van der Waals surface area contributed by atoms with Crippen LogP contribution in [0.25, 0.3) is 39.4 Å². The van der Waals surface area contributed by atoms with Gasteiger partial charge >= 0.3 is 0 Å². The van der Waals surface area contributed by atoms with Crippen LogP contribution in [0.1, 0.15) is 18.1 Å². The molecule has 0 aliphatic heterocycles. The smallest absolute Gasteiger partial charge is 0.247 e. The molecule has 1 N–H and O–H groups in total. The Morgan fingerprint density at radius 3 is 2.49 bits per heavy atom. The van der Waals surface area contributed by atoms with E-state index >= 15 is 0 Å². The largest absolute Gasteiger partial charge is 0.419 e. The van der Waals surface area contributed by atoms with Crippen LogP contribution in [0.15, 0.2) is 94.6 Å². The Bertz CT molecular complexity index is 1610. The number of halogens is 1. The number of nitrogens with zero attached hydrogens (tertiary/aromatic N) is 5. The maximum atomic E-state index is 6.17. The molecule has 172 valence electrons. The van der Waals surface area contributed by atoms with Crippen molar-refractivity contribution in [2.75, 3.05) is 0 Å². The molecule has 7 nitrogen and oxygen atoms in total. The van der Waals surface area contributed by atoms with Gasteiger partial charge in [0, 0.05) is 38.9 Å². The van der Waals surface area contributed by atoms with Gasteiger partial charge in [0.1, 0.15) is 0 Å². The third kappa shape index (κ3) is 4.11. The maximum Gasteiger partial charge on any atom is 0.247 e. The topological polar surface area (TPSA) is 85.4 Å². The van der Waals surface area contributed by atoms with Crippen LogP contribution < -0.4 is 0 Å². The van der Waals surface area contributed by atoms with Crippen molar-refractivity contribution in [3.63, 3.8) is 0 Å². The summed E-state index contributed by atoms with van der Waals surface area (Å²) in [6.45, 7) is 2.01. The van der Waals surface area contributed by atoms with E-state index in [9.17, 15) is 0 Å². The number of fused-ring (bicyclic) bond motifs is 1. The lowest BCUT2D eigenvalue weighted by molar-refractivity contribution is 0.509. The highest BCUT2D eigenvalue weighted by atomic mass is 35.5. The fraction of sp³-hybridized carbons (Fsp3) is 0.0769. The SMILES string of the molecule is C[C@@H](Sc1nnc(-c2c[nH]c3ccccc23)n1-c1ccc(Cl)cc1)c1nnc(-c2ccccc2)o1. The summed E-state index contributed by atoms with van der Waals surface area (Å²) in [4.78, 5) is 3.33. The van der Waals surface area contributed by atoms with Gasteiger partial charge in [-0.15, -0.1) is 20.4 Å². The van der Waals surface area contributed by atoms with Crippen molar-refractivity contribution in [2.24, 2.45) is 0 Å². The van der Waals surface area contributed by atoms with Gasteiger partial charge in [-0.3, -0.25) is 4.57 Å². The summed E-state index contributed by atoms with van der Waals surface area (Å²) in [5.41, 5.74) is 3.79. The monoisotopic (exact) mass is 498 g/mol. The molecule has 0 amide bonds. The highest BCUT2D eigenvalue weighted by molar-refractivity contribution is 7.99. The van der Waals surface area contributed by atoms with E-state index in [0.717, 1.165) is 33.5 Å². The summed E-state index contributed by atoms with van der Waals surface area (Å²) in [6, 6.07) is 25.5. The minimum Gasteiger partial charge on any atom is -0.419 e. The van der Waals surface area contributed by atoms with E-state index in [-0.39, 0.29) is 5.25 Å². The Morgan fingerprint density at radius 2 is 1.66 bits per heavy atom. The third-order valence-electron chi connectivity index (χ3n) is 5.64. The first-order valence-corrected chi connectivity index (χ1v) is 12.3. The fourth-order valence-corrected chi connectivity index (χ4v) is 4.93. The van der Waals surface area contributed by atoms with Gasteiger partial charge in [0.15, 0.2) is 11.0 Å². The minimum atomic E-state index is -0.147. The van der Waals surface area contributed by atoms with Gasteiger partial charge in [0.05, 0.1) is 5.25 Å². The normalized spacial score (nSPS) is 12.3. The number of aromatic amines is 1. The Morgan fingerprint density at radius 1 is 0.886 bits per heavy atom. The molecular formula is C26H19ClN6OS. The lowest BCUT2D eigenvalue weighted by Gasteiger charge is -2.12. The molecular weight excluding hydrogens is 480 g/mol. The molecule has 6 aromatic rings. The summed E-state index contributed by atoms with van der Waals surface area (Å²) >= 11 is 7.67. The van der Waals surface area contributed by atoms with Crippen molar-refractivity contribution in [3.8, 4) is 28.5 Å². The number of aromatic nitrogens is 6. The average molecular weight is 499 g/mol. The molecule has 0 spiro atoms. The Hall–Kier alpha value is -3.88. The third-order valence-corrected chi connectivity index (χ3v) is 6.92. The van der Waals surface area contributed by atoms with Crippen LogP contribution in [0, 0.1) is 0 Å². The first kappa shape index (κ1) is 21.6. The average Bonchev–Trinajstić information content (AvgIpc) is 3.64. The Kier molecular flexibility index (Phi) is 5.60. The fourth-order valence-electron chi connectivity index (χ4n) is 3.90. The molecule has 0 unspecified atom stereocenters. The van der Waals surface area contributed by atoms with E-state index in [2.05, 4.69) is 31.4 Å². The van der Waals surface area contributed by atoms with Gasteiger partial charge in [-0.05, 0) is 49.4 Å². The molecule has 6 rings (SSSR count). The Labute approximate surface area is 210 Å². The summed E-state index contributed by atoms with van der Waals surface area (Å²) < 4.78 is 8.01. The second-order valence-corrected chi connectivity index (χ2v) is 9.68. The van der Waals surface area contributed by atoms with Gasteiger partial charge in [-0.25, -0.2) is 0 Å². The van der Waals surface area contributed by atoms with E-state index in [0.29, 0.717) is 22.0 Å². The minimum absolute atomic E-state index is 0.147. The zero-order chi connectivity index (χ0) is 23.8. The zero-order valence-corrected chi connectivity index (χ0v) is 20.2. The maximum absolute atomic E-state index is 6.17. The number of hydrogen-bond donors (Lipinski definition) is 1. The van der Waals surface area contributed by atoms with Crippen LogP contribution in [0.5, 0.6) is 0 Å². The van der Waals surface area contributed by atoms with Crippen molar-refractivity contribution in [3.05, 3.63) is 96.0 Å². The molecule has 3 aromatic heterocycles. The van der Waals surface area contributed by atoms with Gasteiger partial charge in [0.2, 0.25) is 11.8 Å². The number of para-hydroxylation sites is 1. The Balaban J connectivity index is 1.39. The number of nitrogens with one attached hydrogen (secondary N) is 1. The van der Waals surface area contributed by atoms with Gasteiger partial charge in [-0.2, -0.15) is 0 Å². The van der Waals surface area contributed by atoms with Crippen molar-refractivity contribution in [1.82, 2.24) is 29.9 Å². The van der Waals surface area contributed by atoms with Crippen molar-refractivity contribution < 1.29 is 4.42 Å². The standard InChI is InChI=1S/C26H19ClN6OS/c1-16(24-30-31-25(34-24)17-7-3-2-4-8-17)35-26-32-29-23(33(26)19-13-11-18(27)12-14-19)21-15-28-22-10-6-5-9-20(21)22/h2-16,28H,1H3/t16-/m1/s1. The molecule has 0 saturated heterocycles. The van der Waals surface area contributed by atoms with Crippen LogP contribution >= 0.6 is 23.4 Å². The molecule has 0 bridgehead atoms. The van der Waals surface area contributed by atoms with E-state index in [1.165, 1.54) is 11.8 Å². The van der Waals surface area contributed by atoms with Crippen LogP contribution in [-0.2, 0) is 0 Å². The van der Waals surface area contributed by atoms with Gasteiger partial charge in [-0.1, -0.05) is 59.8 Å². The molecule has 3 aromatic carbocycles. The summed E-state index contributed by atoms with van der Waals surface area (Å²) in [7, 11) is 0. The summed E-state index contributed by atoms with van der Waals surface area (Å²) in [5.74, 6) is 1.75. The second-order valence-electron chi connectivity index (χ2n) is 7.94. The van der Waals surface area contributed by atoms with Gasteiger partial charge < -0.3 is 9.40 Å². The van der Waals surface area contributed by atoms with E-state index < -0.39 is 0 Å². The van der Waals surface area contributed by atoms with Crippen LogP contribution in [0.4, 0.5) is 0 Å². The summed E-state index contributed by atoms with van der Waals surface area (Å²) in [5, 5.41) is 19.9. The number of hydrogen-bond acceptors (Lipinski definition) is 6. The van der Waals surface area contributed by atoms with Gasteiger partial charge in [0.25, 0.3) is 0 Å². The molecule has 0 aliphatic rings. The van der Waals surface area contributed by atoms with E-state index in [1.807, 2.05) is 90.5 Å². The first-order valence-electron chi connectivity index (χ1n) is 11.0. The lowest BCUT2D eigenvalue weighted by Crippen LogP contribution is -2.00. The predicted molar refractivity (Wildman–Crippen MR) is 138 cm³/mol. The van der Waals surface area contributed by atoms with Crippen molar-refractivity contribution in [1.29, 1.82) is 0 Å². The lowest BCUT2D eigenvalue weighted by atomic mass is 10.1. The van der Waals surface area contributed by atoms with Crippen molar-refractivity contribution in [2.45, 2.75) is 17.3 Å². The van der Waals surface area contributed by atoms with E-state index in [1.54, 1.807) is 0 Å². The molecule has 0 radical (unpaired) electrons. The van der Waals surface area contributed by atoms with Crippen LogP contribution in [0.3, 0.4) is 0 Å². The summed E-state index contributed by atoms with van der Waals surface area (Å²) in [6.07, 6.45) is 1.96. The predicted octanol–water partition coefficient (Wildman–Crippen LogP) is 6.97. The quantitative estimate of drug-likeness (QED) is 0.249. The molecule has 1 atom stereocenters. The first-order chi connectivity index (χ1) is 17.2. The molecule has 35 heavy (non-hydrogen) atoms. The second kappa shape index (κ2) is 9.05. The molecule has 0 fully saturated rings. The van der Waals surface area contributed by atoms with Crippen LogP contribution in [0.2, 0.25) is 5.02 Å². The molecule has 3 heterocycles. The number of benzene rings is 3. The highest BCUT2D eigenvalue weighted by Crippen LogP contribution is 2.38. The van der Waals surface area contributed by atoms with E-state index in [4.69, 9.17) is 16.0 Å². The highest BCUT2D eigenvalue weighted by Gasteiger charge is 2.23. The number of rotatable bonds is 6. The number of H-pyrrole nitrogens is 1. The van der Waals surface area contributed by atoms with Crippen LogP contribution in [-0.4, -0.2) is 29.9 Å². The molecule has 0 aliphatic carbocycles. The number of thioether (sulfide) groups is 1. The zero-order valence-electron chi connectivity index (χ0n) is 18.6.